The first-order valence-corrected chi connectivity index (χ1v) is 5.28. The summed E-state index contributed by atoms with van der Waals surface area (Å²) in [5.41, 5.74) is 3.13. The largest absolute Gasteiger partial charge is 0.377 e. The van der Waals surface area contributed by atoms with Crippen LogP contribution in [-0.4, -0.2) is 24.1 Å². The fourth-order valence-electron chi connectivity index (χ4n) is 1.56. The predicted molar refractivity (Wildman–Crippen MR) is 66.8 cm³/mol. The van der Waals surface area contributed by atoms with Crippen LogP contribution in [0.2, 0.25) is 5.02 Å². The number of aromatic nitrogens is 2. The molecule has 0 aliphatic rings. The molecule has 16 heavy (non-hydrogen) atoms. The summed E-state index contributed by atoms with van der Waals surface area (Å²) in [7, 11) is 3.97. The van der Waals surface area contributed by atoms with Gasteiger partial charge in [0.25, 0.3) is 0 Å². The lowest BCUT2D eigenvalue weighted by molar-refractivity contribution is 1.12. The minimum absolute atomic E-state index is 0.726. The predicted octanol–water partition coefficient (Wildman–Crippen LogP) is 2.86. The molecule has 0 saturated carbocycles. The Kier molecular flexibility index (Phi) is 3.06. The molecule has 0 bridgehead atoms. The van der Waals surface area contributed by atoms with Crippen LogP contribution in [0.4, 0.5) is 5.69 Å². The van der Waals surface area contributed by atoms with Crippen LogP contribution in [0, 0.1) is 0 Å². The van der Waals surface area contributed by atoms with Gasteiger partial charge in [-0.1, -0.05) is 17.7 Å². The van der Waals surface area contributed by atoms with Crippen molar-refractivity contribution in [3.63, 3.8) is 0 Å². The Bertz CT molecular complexity index is 483. The second-order valence-electron chi connectivity index (χ2n) is 3.68. The third-order valence-corrected chi connectivity index (χ3v) is 2.55. The molecule has 3 nitrogen and oxygen atoms in total. The van der Waals surface area contributed by atoms with E-state index in [0.717, 1.165) is 21.8 Å². The molecule has 0 radical (unpaired) electrons. The highest BCUT2D eigenvalue weighted by atomic mass is 35.5. The molecule has 0 fully saturated rings. The number of hydrogen-bond acceptors (Lipinski definition) is 3. The molecule has 0 N–H and O–H groups in total. The molecule has 0 saturated heterocycles. The van der Waals surface area contributed by atoms with Crippen molar-refractivity contribution in [3.8, 4) is 11.1 Å². The molecule has 0 atom stereocenters. The third-order valence-electron chi connectivity index (χ3n) is 2.31. The van der Waals surface area contributed by atoms with E-state index in [2.05, 4.69) is 9.97 Å². The Labute approximate surface area is 99.7 Å². The van der Waals surface area contributed by atoms with Crippen LogP contribution in [-0.2, 0) is 0 Å². The average molecular weight is 234 g/mol. The lowest BCUT2D eigenvalue weighted by atomic mass is 10.1. The van der Waals surface area contributed by atoms with Crippen molar-refractivity contribution in [2.24, 2.45) is 0 Å². The summed E-state index contributed by atoms with van der Waals surface area (Å²) < 4.78 is 0. The Balaban J connectivity index is 2.57. The summed E-state index contributed by atoms with van der Waals surface area (Å²) in [6.45, 7) is 0. The van der Waals surface area contributed by atoms with Crippen molar-refractivity contribution in [2.75, 3.05) is 19.0 Å². The number of benzene rings is 1. The SMILES string of the molecule is CN(C)c1cc(Cl)ccc1-c1cncnc1. The van der Waals surface area contributed by atoms with Gasteiger partial charge in [-0.05, 0) is 12.1 Å². The first kappa shape index (κ1) is 10.9. The van der Waals surface area contributed by atoms with Crippen molar-refractivity contribution in [1.82, 2.24) is 9.97 Å². The van der Waals surface area contributed by atoms with E-state index in [9.17, 15) is 0 Å². The van der Waals surface area contributed by atoms with Crippen LogP contribution in [0.25, 0.3) is 11.1 Å². The highest BCUT2D eigenvalue weighted by Gasteiger charge is 2.07. The molecule has 2 rings (SSSR count). The minimum atomic E-state index is 0.726. The van der Waals surface area contributed by atoms with E-state index in [1.807, 2.05) is 37.2 Å². The number of rotatable bonds is 2. The van der Waals surface area contributed by atoms with Crippen LogP contribution in [0.1, 0.15) is 0 Å². The van der Waals surface area contributed by atoms with E-state index in [1.165, 1.54) is 6.33 Å². The standard InChI is InChI=1S/C12H12ClN3/c1-16(2)12-5-10(13)3-4-11(12)9-6-14-8-15-7-9/h3-8H,1-2H3. The first-order chi connectivity index (χ1) is 7.68. The van der Waals surface area contributed by atoms with Crippen LogP contribution < -0.4 is 4.90 Å². The Morgan fingerprint density at radius 2 is 1.81 bits per heavy atom. The number of anilines is 1. The first-order valence-electron chi connectivity index (χ1n) is 4.91. The fourth-order valence-corrected chi connectivity index (χ4v) is 1.72. The summed E-state index contributed by atoms with van der Waals surface area (Å²) >= 11 is 5.99. The summed E-state index contributed by atoms with van der Waals surface area (Å²) in [6, 6.07) is 5.79. The van der Waals surface area contributed by atoms with Crippen molar-refractivity contribution >= 4 is 17.3 Å². The van der Waals surface area contributed by atoms with Crippen LogP contribution in [0.3, 0.4) is 0 Å². The van der Waals surface area contributed by atoms with Gasteiger partial charge >= 0.3 is 0 Å². The lowest BCUT2D eigenvalue weighted by Gasteiger charge is -2.17. The van der Waals surface area contributed by atoms with Crippen LogP contribution in [0.15, 0.2) is 36.9 Å². The van der Waals surface area contributed by atoms with Crippen molar-refractivity contribution < 1.29 is 0 Å². The average Bonchev–Trinajstić information content (AvgIpc) is 2.30. The van der Waals surface area contributed by atoms with Gasteiger partial charge < -0.3 is 4.90 Å². The molecule has 0 unspecified atom stereocenters. The van der Waals surface area contributed by atoms with Crippen LogP contribution in [0.5, 0.6) is 0 Å². The second kappa shape index (κ2) is 4.49. The highest BCUT2D eigenvalue weighted by Crippen LogP contribution is 2.31. The number of halogens is 1. The van der Waals surface area contributed by atoms with Gasteiger partial charge in [0.2, 0.25) is 0 Å². The molecular formula is C12H12ClN3. The van der Waals surface area contributed by atoms with Gasteiger partial charge in [0.1, 0.15) is 6.33 Å². The summed E-state index contributed by atoms with van der Waals surface area (Å²) in [5.74, 6) is 0. The van der Waals surface area contributed by atoms with Crippen molar-refractivity contribution in [3.05, 3.63) is 41.9 Å². The zero-order valence-corrected chi connectivity index (χ0v) is 9.94. The zero-order valence-electron chi connectivity index (χ0n) is 9.18. The van der Waals surface area contributed by atoms with Gasteiger partial charge in [-0.2, -0.15) is 0 Å². The molecule has 1 heterocycles. The van der Waals surface area contributed by atoms with E-state index in [4.69, 9.17) is 11.6 Å². The van der Waals surface area contributed by atoms with E-state index >= 15 is 0 Å². The maximum absolute atomic E-state index is 5.99. The molecule has 4 heteroatoms. The molecule has 0 spiro atoms. The molecule has 0 amide bonds. The second-order valence-corrected chi connectivity index (χ2v) is 4.12. The Morgan fingerprint density at radius 3 is 2.44 bits per heavy atom. The summed E-state index contributed by atoms with van der Waals surface area (Å²) in [6.07, 6.45) is 5.11. The smallest absolute Gasteiger partial charge is 0.115 e. The molecule has 0 aliphatic carbocycles. The van der Waals surface area contributed by atoms with E-state index in [-0.39, 0.29) is 0 Å². The van der Waals surface area contributed by atoms with Gasteiger partial charge in [0, 0.05) is 48.3 Å². The van der Waals surface area contributed by atoms with Crippen molar-refractivity contribution in [2.45, 2.75) is 0 Å². The maximum Gasteiger partial charge on any atom is 0.115 e. The van der Waals surface area contributed by atoms with Crippen LogP contribution >= 0.6 is 11.6 Å². The van der Waals surface area contributed by atoms with Gasteiger partial charge in [-0.15, -0.1) is 0 Å². The fraction of sp³-hybridized carbons (Fsp3) is 0.167. The highest BCUT2D eigenvalue weighted by molar-refractivity contribution is 6.31. The van der Waals surface area contributed by atoms with Gasteiger partial charge in [-0.25, -0.2) is 9.97 Å². The third kappa shape index (κ3) is 2.14. The van der Waals surface area contributed by atoms with E-state index in [0.29, 0.717) is 0 Å². The number of hydrogen-bond donors (Lipinski definition) is 0. The van der Waals surface area contributed by atoms with E-state index in [1.54, 1.807) is 12.4 Å². The molecule has 2 aromatic rings. The lowest BCUT2D eigenvalue weighted by Crippen LogP contribution is -2.10. The normalized spacial score (nSPS) is 10.2. The quantitative estimate of drug-likeness (QED) is 0.799. The topological polar surface area (TPSA) is 29.0 Å². The molecule has 82 valence electrons. The number of nitrogens with zero attached hydrogens (tertiary/aromatic N) is 3. The van der Waals surface area contributed by atoms with Gasteiger partial charge in [0.15, 0.2) is 0 Å². The van der Waals surface area contributed by atoms with Gasteiger partial charge in [-0.3, -0.25) is 0 Å². The minimum Gasteiger partial charge on any atom is -0.377 e. The molecule has 1 aromatic carbocycles. The Morgan fingerprint density at radius 1 is 1.12 bits per heavy atom. The monoisotopic (exact) mass is 233 g/mol. The van der Waals surface area contributed by atoms with Crippen molar-refractivity contribution in [1.29, 1.82) is 0 Å². The van der Waals surface area contributed by atoms with Gasteiger partial charge in [0.05, 0.1) is 0 Å². The molecular weight excluding hydrogens is 222 g/mol. The zero-order chi connectivity index (χ0) is 11.5. The molecule has 1 aromatic heterocycles. The summed E-state index contributed by atoms with van der Waals surface area (Å²) in [4.78, 5) is 10.1. The van der Waals surface area contributed by atoms with E-state index < -0.39 is 0 Å². The maximum atomic E-state index is 5.99. The summed E-state index contributed by atoms with van der Waals surface area (Å²) in [5, 5.41) is 0.726. The molecule has 0 aliphatic heterocycles. The Hall–Kier alpha value is -1.61.